The normalized spacial score (nSPS) is 11.2. The SMILES string of the molecule is COC(=O)CN(c1cc(Cl)ccc1C)S(=O)(=O)c1ccc(Br)cc1. The molecule has 128 valence electrons. The largest absolute Gasteiger partial charge is 0.468 e. The molecule has 0 spiro atoms. The number of ether oxygens (including phenoxy) is 1. The smallest absolute Gasteiger partial charge is 0.326 e. The first-order chi connectivity index (χ1) is 11.3. The van der Waals surface area contributed by atoms with Gasteiger partial charge < -0.3 is 4.74 Å². The van der Waals surface area contributed by atoms with E-state index in [2.05, 4.69) is 20.7 Å². The molecule has 0 heterocycles. The van der Waals surface area contributed by atoms with Crippen LogP contribution in [0, 0.1) is 6.92 Å². The van der Waals surface area contributed by atoms with Crippen molar-refractivity contribution in [1.82, 2.24) is 0 Å². The Balaban J connectivity index is 2.59. The fourth-order valence-corrected chi connectivity index (χ4v) is 3.96. The molecular formula is C16H15BrClNO4S. The monoisotopic (exact) mass is 431 g/mol. The summed E-state index contributed by atoms with van der Waals surface area (Å²) in [6.07, 6.45) is 0. The van der Waals surface area contributed by atoms with E-state index >= 15 is 0 Å². The highest BCUT2D eigenvalue weighted by Crippen LogP contribution is 2.29. The van der Waals surface area contributed by atoms with Crippen molar-refractivity contribution in [1.29, 1.82) is 0 Å². The van der Waals surface area contributed by atoms with Crippen molar-refractivity contribution in [2.24, 2.45) is 0 Å². The molecule has 5 nitrogen and oxygen atoms in total. The van der Waals surface area contributed by atoms with E-state index in [0.29, 0.717) is 16.3 Å². The number of rotatable bonds is 5. The fourth-order valence-electron chi connectivity index (χ4n) is 2.07. The second-order valence-corrected chi connectivity index (χ2v) is 8.19. The molecule has 0 N–H and O–H groups in total. The number of methoxy groups -OCH3 is 1. The van der Waals surface area contributed by atoms with Gasteiger partial charge in [-0.1, -0.05) is 33.6 Å². The topological polar surface area (TPSA) is 63.7 Å². The summed E-state index contributed by atoms with van der Waals surface area (Å²) in [5.41, 5.74) is 1.000. The molecule has 0 unspecified atom stereocenters. The van der Waals surface area contributed by atoms with Crippen LogP contribution in [0.2, 0.25) is 5.02 Å². The standard InChI is InChI=1S/C16H15BrClNO4S/c1-11-3-6-13(18)9-15(11)19(10-16(20)23-2)24(21,22)14-7-4-12(17)5-8-14/h3-9H,10H2,1-2H3. The molecule has 24 heavy (non-hydrogen) atoms. The first-order valence-electron chi connectivity index (χ1n) is 6.87. The molecule has 2 rings (SSSR count). The van der Waals surface area contributed by atoms with Crippen LogP contribution < -0.4 is 4.31 Å². The average Bonchev–Trinajstić information content (AvgIpc) is 2.55. The second kappa shape index (κ2) is 7.55. The summed E-state index contributed by atoms with van der Waals surface area (Å²) in [7, 11) is -2.76. The number of aryl methyl sites for hydroxylation is 1. The Kier molecular flexibility index (Phi) is 5.90. The van der Waals surface area contributed by atoms with Gasteiger partial charge in [-0.3, -0.25) is 9.10 Å². The maximum Gasteiger partial charge on any atom is 0.326 e. The van der Waals surface area contributed by atoms with Crippen LogP contribution in [0.15, 0.2) is 51.8 Å². The number of carbonyl (C=O) groups is 1. The van der Waals surface area contributed by atoms with Gasteiger partial charge in [0.05, 0.1) is 17.7 Å². The van der Waals surface area contributed by atoms with Gasteiger partial charge in [0.25, 0.3) is 10.0 Å². The summed E-state index contributed by atoms with van der Waals surface area (Å²) < 4.78 is 32.4. The first kappa shape index (κ1) is 18.8. The third kappa shape index (κ3) is 4.09. The Bertz CT molecular complexity index is 853. The third-order valence-corrected chi connectivity index (χ3v) is 5.88. The molecule has 0 atom stereocenters. The van der Waals surface area contributed by atoms with Crippen molar-refractivity contribution in [3.63, 3.8) is 0 Å². The summed E-state index contributed by atoms with van der Waals surface area (Å²) in [5.74, 6) is -0.671. The van der Waals surface area contributed by atoms with E-state index in [9.17, 15) is 13.2 Å². The van der Waals surface area contributed by atoms with E-state index in [1.807, 2.05) is 0 Å². The Morgan fingerprint density at radius 2 is 1.83 bits per heavy atom. The zero-order chi connectivity index (χ0) is 17.9. The van der Waals surface area contributed by atoms with Crippen LogP contribution in [-0.4, -0.2) is 28.0 Å². The van der Waals surface area contributed by atoms with Gasteiger partial charge in [-0.25, -0.2) is 8.42 Å². The lowest BCUT2D eigenvalue weighted by atomic mass is 10.2. The highest BCUT2D eigenvalue weighted by Gasteiger charge is 2.28. The van der Waals surface area contributed by atoms with E-state index in [1.54, 1.807) is 31.2 Å². The van der Waals surface area contributed by atoms with Crippen LogP contribution >= 0.6 is 27.5 Å². The van der Waals surface area contributed by atoms with E-state index in [4.69, 9.17) is 11.6 Å². The average molecular weight is 433 g/mol. The van der Waals surface area contributed by atoms with Crippen LogP contribution in [-0.2, 0) is 19.6 Å². The van der Waals surface area contributed by atoms with Gasteiger partial charge in [-0.15, -0.1) is 0 Å². The third-order valence-electron chi connectivity index (χ3n) is 3.34. The van der Waals surface area contributed by atoms with E-state index in [1.165, 1.54) is 25.3 Å². The lowest BCUT2D eigenvalue weighted by Crippen LogP contribution is -2.36. The molecule has 0 fully saturated rings. The molecule has 0 bridgehead atoms. The predicted octanol–water partition coefficient (Wildman–Crippen LogP) is 3.78. The van der Waals surface area contributed by atoms with E-state index in [-0.39, 0.29) is 4.90 Å². The molecule has 0 saturated carbocycles. The van der Waals surface area contributed by atoms with E-state index in [0.717, 1.165) is 8.78 Å². The zero-order valence-corrected chi connectivity index (χ0v) is 16.2. The van der Waals surface area contributed by atoms with E-state index < -0.39 is 22.5 Å². The molecule has 8 heteroatoms. The summed E-state index contributed by atoms with van der Waals surface area (Å²) in [4.78, 5) is 11.8. The van der Waals surface area contributed by atoms with Crippen molar-refractivity contribution in [2.45, 2.75) is 11.8 Å². The fraction of sp³-hybridized carbons (Fsp3) is 0.188. The van der Waals surface area contributed by atoms with Crippen molar-refractivity contribution < 1.29 is 17.9 Å². The van der Waals surface area contributed by atoms with Crippen molar-refractivity contribution >= 4 is 49.2 Å². The number of benzene rings is 2. The van der Waals surface area contributed by atoms with Crippen LogP contribution in [0.3, 0.4) is 0 Å². The van der Waals surface area contributed by atoms with Gasteiger partial charge in [-0.2, -0.15) is 0 Å². The maximum absolute atomic E-state index is 13.0. The summed E-state index contributed by atoms with van der Waals surface area (Å²) in [6.45, 7) is 1.29. The number of sulfonamides is 1. The highest BCUT2D eigenvalue weighted by molar-refractivity contribution is 9.10. The van der Waals surface area contributed by atoms with Crippen molar-refractivity contribution in [3.8, 4) is 0 Å². The number of halogens is 2. The Morgan fingerprint density at radius 3 is 2.42 bits per heavy atom. The lowest BCUT2D eigenvalue weighted by molar-refractivity contribution is -0.138. The number of esters is 1. The quantitative estimate of drug-likeness (QED) is 0.675. The molecular weight excluding hydrogens is 418 g/mol. The van der Waals surface area contributed by atoms with Gasteiger partial charge >= 0.3 is 5.97 Å². The summed E-state index contributed by atoms with van der Waals surface area (Å²) >= 11 is 9.27. The number of nitrogens with zero attached hydrogens (tertiary/aromatic N) is 1. The number of anilines is 1. The summed E-state index contributed by atoms with van der Waals surface area (Å²) in [5, 5.41) is 0.372. The minimum atomic E-state index is -3.96. The molecule has 0 aliphatic rings. The number of hydrogen-bond donors (Lipinski definition) is 0. The number of hydrogen-bond acceptors (Lipinski definition) is 4. The molecule has 0 saturated heterocycles. The minimum Gasteiger partial charge on any atom is -0.468 e. The molecule has 0 radical (unpaired) electrons. The van der Waals surface area contributed by atoms with Crippen molar-refractivity contribution in [2.75, 3.05) is 18.0 Å². The van der Waals surface area contributed by atoms with Gasteiger partial charge in [0.15, 0.2) is 0 Å². The molecule has 2 aromatic carbocycles. The van der Waals surface area contributed by atoms with Crippen LogP contribution in [0.25, 0.3) is 0 Å². The second-order valence-electron chi connectivity index (χ2n) is 4.97. The molecule has 0 aromatic heterocycles. The molecule has 0 aliphatic heterocycles. The predicted molar refractivity (Wildman–Crippen MR) is 96.9 cm³/mol. The Labute approximate surface area is 154 Å². The van der Waals surface area contributed by atoms with Gasteiger partial charge in [-0.05, 0) is 48.9 Å². The number of carbonyl (C=O) groups excluding carboxylic acids is 1. The van der Waals surface area contributed by atoms with Crippen molar-refractivity contribution in [3.05, 3.63) is 57.5 Å². The Hall–Kier alpha value is -1.57. The lowest BCUT2D eigenvalue weighted by Gasteiger charge is -2.25. The van der Waals surface area contributed by atoms with Crippen LogP contribution in [0.4, 0.5) is 5.69 Å². The molecule has 0 amide bonds. The first-order valence-corrected chi connectivity index (χ1v) is 9.48. The Morgan fingerprint density at radius 1 is 1.21 bits per heavy atom. The van der Waals surface area contributed by atoms with Crippen LogP contribution in [0.5, 0.6) is 0 Å². The van der Waals surface area contributed by atoms with Crippen LogP contribution in [0.1, 0.15) is 5.56 Å². The molecule has 0 aliphatic carbocycles. The zero-order valence-electron chi connectivity index (χ0n) is 13.0. The van der Waals surface area contributed by atoms with Gasteiger partial charge in [0.1, 0.15) is 6.54 Å². The minimum absolute atomic E-state index is 0.0639. The maximum atomic E-state index is 13.0. The van der Waals surface area contributed by atoms with Gasteiger partial charge in [0.2, 0.25) is 0 Å². The molecule has 2 aromatic rings. The highest BCUT2D eigenvalue weighted by atomic mass is 79.9. The van der Waals surface area contributed by atoms with Gasteiger partial charge in [0, 0.05) is 9.50 Å². The summed E-state index contributed by atoms with van der Waals surface area (Å²) in [6, 6.07) is 11.0.